The van der Waals surface area contributed by atoms with Crippen molar-refractivity contribution in [3.63, 3.8) is 0 Å². The standard InChI is InChI=1S/C21H29ClN2O3.2ClH/c1-15-4-6-17(7-5-15)14-27-21-19(22)10-18(11-20(21)26-3)13-24-9-8-23-12-16(2)25;;/h4-7,10-11,16,23-25H,8-9,12-14H2,1-3H3;2*1H. The van der Waals surface area contributed by atoms with Crippen LogP contribution in [0.2, 0.25) is 5.02 Å². The maximum Gasteiger partial charge on any atom is 0.180 e. The average Bonchev–Trinajstić information content (AvgIpc) is 2.64. The van der Waals surface area contributed by atoms with Crippen molar-refractivity contribution in [1.82, 2.24) is 10.6 Å². The maximum absolute atomic E-state index is 9.21. The van der Waals surface area contributed by atoms with E-state index in [9.17, 15) is 5.11 Å². The van der Waals surface area contributed by atoms with Gasteiger partial charge in [-0.15, -0.1) is 24.8 Å². The molecule has 8 heteroatoms. The number of benzene rings is 2. The van der Waals surface area contributed by atoms with Crippen molar-refractivity contribution in [2.75, 3.05) is 26.7 Å². The van der Waals surface area contributed by atoms with Gasteiger partial charge in [0.1, 0.15) is 6.61 Å². The highest BCUT2D eigenvalue weighted by molar-refractivity contribution is 6.32. The van der Waals surface area contributed by atoms with Crippen LogP contribution in [0, 0.1) is 6.92 Å². The van der Waals surface area contributed by atoms with Crippen molar-refractivity contribution < 1.29 is 14.6 Å². The lowest BCUT2D eigenvalue weighted by Crippen LogP contribution is -2.31. The first-order valence-electron chi connectivity index (χ1n) is 9.14. The molecule has 3 N–H and O–H groups in total. The van der Waals surface area contributed by atoms with E-state index < -0.39 is 0 Å². The summed E-state index contributed by atoms with van der Waals surface area (Å²) >= 11 is 6.43. The molecule has 0 aliphatic rings. The summed E-state index contributed by atoms with van der Waals surface area (Å²) in [6.07, 6.45) is -0.333. The zero-order chi connectivity index (χ0) is 19.6. The molecule has 0 radical (unpaired) electrons. The number of aliphatic hydroxyl groups excluding tert-OH is 1. The third-order valence-corrected chi connectivity index (χ3v) is 4.32. The lowest BCUT2D eigenvalue weighted by Gasteiger charge is -2.15. The molecule has 1 unspecified atom stereocenters. The fraction of sp³-hybridized carbons (Fsp3) is 0.429. The Morgan fingerprint density at radius 1 is 1.03 bits per heavy atom. The first-order chi connectivity index (χ1) is 13.0. The largest absolute Gasteiger partial charge is 0.493 e. The minimum atomic E-state index is -0.333. The lowest BCUT2D eigenvalue weighted by atomic mass is 10.1. The second-order valence-corrected chi connectivity index (χ2v) is 7.02. The summed E-state index contributed by atoms with van der Waals surface area (Å²) < 4.78 is 11.4. The van der Waals surface area contributed by atoms with E-state index in [1.54, 1.807) is 14.0 Å². The molecule has 1 atom stereocenters. The van der Waals surface area contributed by atoms with Gasteiger partial charge in [-0.2, -0.15) is 0 Å². The molecule has 2 rings (SSSR count). The second-order valence-electron chi connectivity index (χ2n) is 6.61. The molecule has 0 aromatic heterocycles. The van der Waals surface area contributed by atoms with Gasteiger partial charge in [-0.05, 0) is 37.1 Å². The summed E-state index contributed by atoms with van der Waals surface area (Å²) in [6, 6.07) is 12.0. The molecule has 0 aliphatic carbocycles. The van der Waals surface area contributed by atoms with Crippen LogP contribution in [0.1, 0.15) is 23.6 Å². The van der Waals surface area contributed by atoms with Crippen LogP contribution in [0.4, 0.5) is 0 Å². The van der Waals surface area contributed by atoms with Gasteiger partial charge in [0.15, 0.2) is 11.5 Å². The number of nitrogens with one attached hydrogen (secondary N) is 2. The Bertz CT molecular complexity index is 713. The van der Waals surface area contributed by atoms with Crippen LogP contribution in [-0.4, -0.2) is 38.0 Å². The first-order valence-corrected chi connectivity index (χ1v) is 9.51. The number of halogens is 3. The SMILES string of the molecule is COc1cc(CNCCNCC(C)O)cc(Cl)c1OCc1ccc(C)cc1.Cl.Cl. The zero-order valence-corrected chi connectivity index (χ0v) is 19.4. The first kappa shape index (κ1) is 27.8. The number of aliphatic hydroxyl groups is 1. The van der Waals surface area contributed by atoms with E-state index in [0.29, 0.717) is 36.2 Å². The Hall–Kier alpha value is -1.21. The Kier molecular flexibility index (Phi) is 14.1. The molecule has 164 valence electrons. The van der Waals surface area contributed by atoms with Gasteiger partial charge in [0.25, 0.3) is 0 Å². The molecule has 0 aliphatic heterocycles. The van der Waals surface area contributed by atoms with Crippen LogP contribution in [0.15, 0.2) is 36.4 Å². The average molecular weight is 466 g/mol. The van der Waals surface area contributed by atoms with E-state index in [0.717, 1.165) is 24.2 Å². The van der Waals surface area contributed by atoms with Crippen LogP contribution in [0.25, 0.3) is 0 Å². The number of hydrogen-bond acceptors (Lipinski definition) is 5. The Morgan fingerprint density at radius 3 is 2.31 bits per heavy atom. The molecule has 0 saturated heterocycles. The summed E-state index contributed by atoms with van der Waals surface area (Å²) in [5, 5.41) is 16.2. The van der Waals surface area contributed by atoms with Crippen LogP contribution in [0.3, 0.4) is 0 Å². The summed E-state index contributed by atoms with van der Waals surface area (Å²) in [5.41, 5.74) is 3.32. The second kappa shape index (κ2) is 14.7. The van der Waals surface area contributed by atoms with Crippen molar-refractivity contribution in [1.29, 1.82) is 0 Å². The smallest absolute Gasteiger partial charge is 0.180 e. The number of ether oxygens (including phenoxy) is 2. The van der Waals surface area contributed by atoms with Crippen molar-refractivity contribution in [2.24, 2.45) is 0 Å². The molecule has 0 fully saturated rings. The Morgan fingerprint density at radius 2 is 1.69 bits per heavy atom. The van der Waals surface area contributed by atoms with E-state index in [2.05, 4.69) is 29.7 Å². The van der Waals surface area contributed by atoms with Crippen molar-refractivity contribution in [3.05, 3.63) is 58.1 Å². The van der Waals surface area contributed by atoms with E-state index >= 15 is 0 Å². The number of hydrogen-bond donors (Lipinski definition) is 3. The van der Waals surface area contributed by atoms with Gasteiger partial charge in [0.05, 0.1) is 18.2 Å². The zero-order valence-electron chi connectivity index (χ0n) is 17.0. The molecular formula is C21H31Cl3N2O3. The van der Waals surface area contributed by atoms with Crippen LogP contribution in [0.5, 0.6) is 11.5 Å². The number of aryl methyl sites for hydroxylation is 1. The summed E-state index contributed by atoms with van der Waals surface area (Å²) in [6.45, 7) is 7.09. The lowest BCUT2D eigenvalue weighted by molar-refractivity contribution is 0.191. The van der Waals surface area contributed by atoms with E-state index in [1.165, 1.54) is 5.56 Å². The molecule has 0 spiro atoms. The molecular weight excluding hydrogens is 435 g/mol. The van der Waals surface area contributed by atoms with Gasteiger partial charge in [0, 0.05) is 26.2 Å². The summed E-state index contributed by atoms with van der Waals surface area (Å²) in [5.74, 6) is 1.18. The highest BCUT2D eigenvalue weighted by Gasteiger charge is 2.12. The van der Waals surface area contributed by atoms with Gasteiger partial charge in [0.2, 0.25) is 0 Å². The third kappa shape index (κ3) is 9.90. The molecule has 0 amide bonds. The van der Waals surface area contributed by atoms with Gasteiger partial charge < -0.3 is 25.2 Å². The Balaban J connectivity index is 0.00000392. The number of methoxy groups -OCH3 is 1. The van der Waals surface area contributed by atoms with Crippen molar-refractivity contribution in [3.8, 4) is 11.5 Å². The van der Waals surface area contributed by atoms with Crippen molar-refractivity contribution >= 4 is 36.4 Å². The fourth-order valence-corrected chi connectivity index (χ4v) is 2.86. The topological polar surface area (TPSA) is 62.8 Å². The molecule has 29 heavy (non-hydrogen) atoms. The molecule has 2 aromatic rings. The molecule has 0 heterocycles. The van der Waals surface area contributed by atoms with Gasteiger partial charge in [-0.3, -0.25) is 0 Å². The predicted molar refractivity (Wildman–Crippen MR) is 124 cm³/mol. The van der Waals surface area contributed by atoms with Crippen molar-refractivity contribution in [2.45, 2.75) is 33.1 Å². The summed E-state index contributed by atoms with van der Waals surface area (Å²) in [7, 11) is 1.61. The monoisotopic (exact) mass is 464 g/mol. The Labute approximate surface area is 191 Å². The minimum absolute atomic E-state index is 0. The summed E-state index contributed by atoms with van der Waals surface area (Å²) in [4.78, 5) is 0. The minimum Gasteiger partial charge on any atom is -0.493 e. The highest BCUT2D eigenvalue weighted by Crippen LogP contribution is 2.37. The molecule has 0 bridgehead atoms. The molecule has 2 aromatic carbocycles. The van der Waals surface area contributed by atoms with E-state index in [1.807, 2.05) is 24.3 Å². The van der Waals surface area contributed by atoms with Gasteiger partial charge >= 0.3 is 0 Å². The van der Waals surface area contributed by atoms with Gasteiger partial charge in [-0.1, -0.05) is 41.4 Å². The van der Waals surface area contributed by atoms with E-state index in [-0.39, 0.29) is 30.9 Å². The normalized spacial score (nSPS) is 11.2. The maximum atomic E-state index is 9.21. The molecule has 0 saturated carbocycles. The third-order valence-electron chi connectivity index (χ3n) is 4.04. The quantitative estimate of drug-likeness (QED) is 0.435. The number of rotatable bonds is 11. The van der Waals surface area contributed by atoms with Crippen LogP contribution >= 0.6 is 36.4 Å². The van der Waals surface area contributed by atoms with E-state index in [4.69, 9.17) is 21.1 Å². The predicted octanol–water partition coefficient (Wildman–Crippen LogP) is 4.14. The van der Waals surface area contributed by atoms with Crippen LogP contribution in [-0.2, 0) is 13.2 Å². The highest BCUT2D eigenvalue weighted by atomic mass is 35.5. The van der Waals surface area contributed by atoms with Crippen LogP contribution < -0.4 is 20.1 Å². The van der Waals surface area contributed by atoms with Gasteiger partial charge in [-0.25, -0.2) is 0 Å². The fourth-order valence-electron chi connectivity index (χ4n) is 2.58. The molecule has 5 nitrogen and oxygen atoms in total.